The van der Waals surface area contributed by atoms with Gasteiger partial charge in [0.15, 0.2) is 28.5 Å². The number of benzene rings is 1. The minimum Gasteiger partial charge on any atom is -0.454 e. The van der Waals surface area contributed by atoms with Gasteiger partial charge >= 0.3 is 6.18 Å². The Morgan fingerprint density at radius 2 is 1.94 bits per heavy atom. The van der Waals surface area contributed by atoms with Crippen LogP contribution in [-0.2, 0) is 6.18 Å². The first-order chi connectivity index (χ1) is 15.2. The van der Waals surface area contributed by atoms with Gasteiger partial charge in [0.05, 0.1) is 15.0 Å². The molecule has 0 saturated carbocycles. The highest BCUT2D eigenvalue weighted by Gasteiger charge is 2.37. The summed E-state index contributed by atoms with van der Waals surface area (Å²) in [4.78, 5) is 17.7. The minimum absolute atomic E-state index is 0.0405. The fourth-order valence-electron chi connectivity index (χ4n) is 3.08. The number of carbonyl (C=O) groups is 1. The highest BCUT2D eigenvalue weighted by Crippen LogP contribution is 2.37. The van der Waals surface area contributed by atoms with Gasteiger partial charge in [0.1, 0.15) is 0 Å². The van der Waals surface area contributed by atoms with Crippen molar-refractivity contribution in [1.29, 1.82) is 0 Å². The maximum atomic E-state index is 13.8. The van der Waals surface area contributed by atoms with Gasteiger partial charge in [0, 0.05) is 21.6 Å². The van der Waals surface area contributed by atoms with E-state index in [1.807, 2.05) is 0 Å². The van der Waals surface area contributed by atoms with E-state index >= 15 is 0 Å². The number of nitrogens with one attached hydrogen (secondary N) is 1. The first-order valence-corrected chi connectivity index (χ1v) is 11.3. The SMILES string of the molecule is O=C(Nc1ccc2c(c1)OCO2)c1nn2c(C(F)(F)F)cc(-c3cc(Br)cs3)nc2c1Br. The normalized spacial score (nSPS) is 13.0. The summed E-state index contributed by atoms with van der Waals surface area (Å²) < 4.78 is 53.3. The topological polar surface area (TPSA) is 77.8 Å². The zero-order valence-electron chi connectivity index (χ0n) is 15.5. The van der Waals surface area contributed by atoms with Gasteiger partial charge in [-0.2, -0.15) is 18.3 Å². The number of amides is 1. The van der Waals surface area contributed by atoms with Crippen molar-refractivity contribution in [1.82, 2.24) is 14.6 Å². The van der Waals surface area contributed by atoms with Gasteiger partial charge in [0.2, 0.25) is 6.79 Å². The van der Waals surface area contributed by atoms with Crippen LogP contribution in [0.15, 0.2) is 44.7 Å². The smallest absolute Gasteiger partial charge is 0.433 e. The van der Waals surface area contributed by atoms with E-state index in [1.54, 1.807) is 29.6 Å². The highest BCUT2D eigenvalue weighted by molar-refractivity contribution is 9.11. The zero-order chi connectivity index (χ0) is 22.6. The first kappa shape index (κ1) is 21.2. The quantitative estimate of drug-likeness (QED) is 0.318. The lowest BCUT2D eigenvalue weighted by Gasteiger charge is -2.10. The molecule has 1 aliphatic rings. The summed E-state index contributed by atoms with van der Waals surface area (Å²) in [6.45, 7) is 0.0692. The second kappa shape index (κ2) is 7.74. The van der Waals surface area contributed by atoms with Gasteiger partial charge in [-0.05, 0) is 56.1 Å². The van der Waals surface area contributed by atoms with Crippen molar-refractivity contribution in [2.24, 2.45) is 0 Å². The molecule has 7 nitrogen and oxygen atoms in total. The number of carbonyl (C=O) groups excluding carboxylic acids is 1. The molecule has 3 aromatic heterocycles. The van der Waals surface area contributed by atoms with E-state index < -0.39 is 17.8 Å². The molecule has 1 aliphatic heterocycles. The standard InChI is InChI=1S/C19H9Br2F3N4O3S/c20-8-3-13(32-6-8)10-5-14(19(22,23)24)28-17(26-10)15(21)16(27-28)18(29)25-9-1-2-11-12(4-9)31-7-30-11/h1-6H,7H2,(H,25,29). The first-order valence-electron chi connectivity index (χ1n) is 8.82. The van der Waals surface area contributed by atoms with Crippen LogP contribution >= 0.6 is 43.2 Å². The third kappa shape index (κ3) is 3.73. The summed E-state index contributed by atoms with van der Waals surface area (Å²) in [5.74, 6) is 0.267. The van der Waals surface area contributed by atoms with E-state index in [2.05, 4.69) is 47.3 Å². The maximum absolute atomic E-state index is 13.8. The number of halogens is 5. The molecular formula is C19H9Br2F3N4O3S. The molecule has 0 spiro atoms. The van der Waals surface area contributed by atoms with Crippen LogP contribution in [0.2, 0.25) is 0 Å². The second-order valence-electron chi connectivity index (χ2n) is 6.57. The second-order valence-corrected chi connectivity index (χ2v) is 9.19. The number of hydrogen-bond acceptors (Lipinski definition) is 6. The molecule has 4 aromatic rings. The Morgan fingerprint density at radius 1 is 1.16 bits per heavy atom. The lowest BCUT2D eigenvalue weighted by atomic mass is 10.2. The van der Waals surface area contributed by atoms with Crippen LogP contribution in [0.4, 0.5) is 18.9 Å². The number of alkyl halides is 3. The predicted octanol–water partition coefficient (Wildman–Crippen LogP) is 5.98. The monoisotopic (exact) mass is 588 g/mol. The number of thiophene rings is 1. The molecule has 0 aliphatic carbocycles. The van der Waals surface area contributed by atoms with Gasteiger partial charge in [0.25, 0.3) is 5.91 Å². The molecule has 1 aromatic carbocycles. The van der Waals surface area contributed by atoms with Crippen LogP contribution in [0.5, 0.6) is 11.5 Å². The number of anilines is 1. The molecule has 0 radical (unpaired) electrons. The van der Waals surface area contributed by atoms with Gasteiger partial charge in [-0.15, -0.1) is 11.3 Å². The van der Waals surface area contributed by atoms with Crippen LogP contribution in [0.3, 0.4) is 0 Å². The molecule has 32 heavy (non-hydrogen) atoms. The van der Waals surface area contributed by atoms with Crippen molar-refractivity contribution in [3.63, 3.8) is 0 Å². The third-order valence-electron chi connectivity index (χ3n) is 4.49. The number of fused-ring (bicyclic) bond motifs is 2. The van der Waals surface area contributed by atoms with Crippen molar-refractivity contribution in [2.45, 2.75) is 6.18 Å². The molecule has 4 heterocycles. The third-order valence-corrected chi connectivity index (χ3v) is 6.93. The summed E-state index contributed by atoms with van der Waals surface area (Å²) in [6.07, 6.45) is -4.72. The Hall–Kier alpha value is -2.64. The fraction of sp³-hybridized carbons (Fsp3) is 0.105. The van der Waals surface area contributed by atoms with E-state index in [4.69, 9.17) is 9.47 Å². The van der Waals surface area contributed by atoms with Crippen molar-refractivity contribution >= 4 is 60.4 Å². The molecule has 0 bridgehead atoms. The molecular weight excluding hydrogens is 581 g/mol. The van der Waals surface area contributed by atoms with Gasteiger partial charge in [-0.3, -0.25) is 4.79 Å². The van der Waals surface area contributed by atoms with Crippen molar-refractivity contribution < 1.29 is 27.4 Å². The van der Waals surface area contributed by atoms with Crippen LogP contribution in [0.1, 0.15) is 16.2 Å². The van der Waals surface area contributed by atoms with Gasteiger partial charge in [-0.1, -0.05) is 0 Å². The van der Waals surface area contributed by atoms with E-state index in [0.717, 1.165) is 10.5 Å². The molecule has 0 unspecified atom stereocenters. The zero-order valence-corrected chi connectivity index (χ0v) is 19.5. The summed E-state index contributed by atoms with van der Waals surface area (Å²) in [7, 11) is 0. The Morgan fingerprint density at radius 3 is 2.66 bits per heavy atom. The Bertz CT molecular complexity index is 1390. The molecule has 13 heteroatoms. The number of aromatic nitrogens is 3. The number of hydrogen-bond donors (Lipinski definition) is 1. The average Bonchev–Trinajstić information content (AvgIpc) is 3.45. The van der Waals surface area contributed by atoms with E-state index in [1.165, 1.54) is 11.3 Å². The average molecular weight is 590 g/mol. The van der Waals surface area contributed by atoms with Crippen LogP contribution in [0, 0.1) is 0 Å². The molecule has 164 valence electrons. The van der Waals surface area contributed by atoms with Crippen LogP contribution in [0.25, 0.3) is 16.2 Å². The molecule has 0 fully saturated rings. The lowest BCUT2D eigenvalue weighted by molar-refractivity contribution is -0.142. The fourth-order valence-corrected chi connectivity index (χ4v) is 4.98. The Labute approximate surface area is 198 Å². The molecule has 1 amide bonds. The summed E-state index contributed by atoms with van der Waals surface area (Å²) in [5.41, 5.74) is -0.939. The number of rotatable bonds is 3. The highest BCUT2D eigenvalue weighted by atomic mass is 79.9. The van der Waals surface area contributed by atoms with Crippen LogP contribution in [-0.4, -0.2) is 27.3 Å². The van der Waals surface area contributed by atoms with E-state index in [-0.39, 0.29) is 28.3 Å². The van der Waals surface area contributed by atoms with Crippen LogP contribution < -0.4 is 14.8 Å². The molecule has 0 atom stereocenters. The Kier molecular flexibility index (Phi) is 5.13. The predicted molar refractivity (Wildman–Crippen MR) is 117 cm³/mol. The van der Waals surface area contributed by atoms with Crippen molar-refractivity contribution in [3.05, 3.63) is 56.0 Å². The molecule has 1 N–H and O–H groups in total. The van der Waals surface area contributed by atoms with Gasteiger partial charge < -0.3 is 14.8 Å². The minimum atomic E-state index is -4.72. The number of nitrogens with zero attached hydrogens (tertiary/aromatic N) is 3. The van der Waals surface area contributed by atoms with E-state index in [0.29, 0.717) is 26.6 Å². The maximum Gasteiger partial charge on any atom is 0.433 e. The Balaban J connectivity index is 1.58. The largest absolute Gasteiger partial charge is 0.454 e. The van der Waals surface area contributed by atoms with E-state index in [9.17, 15) is 18.0 Å². The summed E-state index contributed by atoms with van der Waals surface area (Å²) in [6, 6.07) is 7.33. The number of ether oxygens (including phenoxy) is 2. The molecule has 0 saturated heterocycles. The lowest BCUT2D eigenvalue weighted by Crippen LogP contribution is -2.15. The van der Waals surface area contributed by atoms with Gasteiger partial charge in [-0.25, -0.2) is 9.50 Å². The molecule has 5 rings (SSSR count). The summed E-state index contributed by atoms with van der Waals surface area (Å²) >= 11 is 7.73. The van der Waals surface area contributed by atoms with Crippen molar-refractivity contribution in [3.8, 4) is 22.1 Å². The summed E-state index contributed by atoms with van der Waals surface area (Å²) in [5, 5.41) is 8.24. The van der Waals surface area contributed by atoms with Crippen molar-refractivity contribution in [2.75, 3.05) is 12.1 Å².